The molecule has 1 N–H and O–H groups in total. The van der Waals surface area contributed by atoms with E-state index in [-0.39, 0.29) is 0 Å². The van der Waals surface area contributed by atoms with Gasteiger partial charge in [-0.05, 0) is 49.9 Å². The highest BCUT2D eigenvalue weighted by Crippen LogP contribution is 2.33. The zero-order valence-electron chi connectivity index (χ0n) is 17.6. The molecule has 0 aliphatic carbocycles. The van der Waals surface area contributed by atoms with Crippen LogP contribution in [-0.4, -0.2) is 53.0 Å². The second kappa shape index (κ2) is 8.11. The average Bonchev–Trinajstić information content (AvgIpc) is 3.20. The van der Waals surface area contributed by atoms with E-state index in [2.05, 4.69) is 52.6 Å². The van der Waals surface area contributed by atoms with Gasteiger partial charge in [-0.1, -0.05) is 24.3 Å². The van der Waals surface area contributed by atoms with E-state index in [1.807, 2.05) is 0 Å². The molecule has 1 aromatic heterocycles. The van der Waals surface area contributed by atoms with E-state index < -0.39 is 0 Å². The molecule has 3 aliphatic rings. The highest BCUT2D eigenvalue weighted by Gasteiger charge is 2.29. The molecular formula is C23H29N7. The molecule has 156 valence electrons. The number of hydrogen-bond acceptors (Lipinski definition) is 7. The van der Waals surface area contributed by atoms with Crippen molar-refractivity contribution in [3.8, 4) is 6.19 Å². The first kappa shape index (κ1) is 19.1. The summed E-state index contributed by atoms with van der Waals surface area (Å²) in [5.74, 6) is 2.33. The van der Waals surface area contributed by atoms with E-state index in [0.717, 1.165) is 49.7 Å². The Kier molecular flexibility index (Phi) is 5.17. The highest BCUT2D eigenvalue weighted by molar-refractivity contribution is 5.56. The van der Waals surface area contributed by atoms with Crippen molar-refractivity contribution in [2.75, 3.05) is 43.4 Å². The first-order valence-electron chi connectivity index (χ1n) is 11.0. The normalized spacial score (nSPS) is 21.1. The number of benzene rings is 1. The maximum Gasteiger partial charge on any atom is 0.224 e. The number of fused-ring (bicyclic) bond motifs is 2. The van der Waals surface area contributed by atoms with Crippen LogP contribution in [0, 0.1) is 17.4 Å². The maximum atomic E-state index is 9.43. The number of nitrogens with one attached hydrogen (secondary N) is 1. The number of rotatable bonds is 4. The van der Waals surface area contributed by atoms with Crippen molar-refractivity contribution in [1.29, 1.82) is 5.26 Å². The molecule has 1 atom stereocenters. The van der Waals surface area contributed by atoms with Crippen LogP contribution < -0.4 is 10.2 Å². The largest absolute Gasteiger partial charge is 0.354 e. The Morgan fingerprint density at radius 1 is 1.13 bits per heavy atom. The molecule has 7 nitrogen and oxygen atoms in total. The Hall–Kier alpha value is -2.85. The second-order valence-electron chi connectivity index (χ2n) is 8.84. The third-order valence-corrected chi connectivity index (χ3v) is 6.60. The summed E-state index contributed by atoms with van der Waals surface area (Å²) in [7, 11) is 2.20. The Morgan fingerprint density at radius 2 is 2.00 bits per heavy atom. The fourth-order valence-electron chi connectivity index (χ4n) is 5.00. The number of likely N-dealkylation sites (tertiary alicyclic amines) is 1. The Bertz CT molecular complexity index is 967. The molecule has 1 saturated heterocycles. The highest BCUT2D eigenvalue weighted by atomic mass is 15.3. The molecule has 1 fully saturated rings. The lowest BCUT2D eigenvalue weighted by Crippen LogP contribution is -2.35. The molecule has 2 aromatic rings. The smallest absolute Gasteiger partial charge is 0.224 e. The summed E-state index contributed by atoms with van der Waals surface area (Å²) in [6.07, 6.45) is 5.81. The van der Waals surface area contributed by atoms with Crippen LogP contribution in [0.4, 0.5) is 11.8 Å². The van der Waals surface area contributed by atoms with Gasteiger partial charge in [0.15, 0.2) is 6.19 Å². The lowest BCUT2D eigenvalue weighted by molar-refractivity contribution is 0.217. The van der Waals surface area contributed by atoms with Crippen LogP contribution in [0.3, 0.4) is 0 Å². The predicted octanol–water partition coefficient (Wildman–Crippen LogP) is 2.59. The molecular weight excluding hydrogens is 374 g/mol. The minimum absolute atomic E-state index is 0.576. The van der Waals surface area contributed by atoms with Gasteiger partial charge in [0, 0.05) is 31.7 Å². The number of nitrogens with zero attached hydrogens (tertiary/aromatic N) is 6. The van der Waals surface area contributed by atoms with E-state index >= 15 is 0 Å². The third kappa shape index (κ3) is 3.80. The summed E-state index contributed by atoms with van der Waals surface area (Å²) in [4.78, 5) is 16.3. The van der Waals surface area contributed by atoms with Gasteiger partial charge in [-0.15, -0.1) is 0 Å². The maximum absolute atomic E-state index is 9.43. The van der Waals surface area contributed by atoms with Gasteiger partial charge in [-0.3, -0.25) is 0 Å². The predicted molar refractivity (Wildman–Crippen MR) is 117 cm³/mol. The topological polar surface area (TPSA) is 71.3 Å². The quantitative estimate of drug-likeness (QED) is 0.787. The van der Waals surface area contributed by atoms with Crippen molar-refractivity contribution in [3.05, 3.63) is 46.6 Å². The van der Waals surface area contributed by atoms with Gasteiger partial charge in [0.25, 0.3) is 0 Å². The molecule has 7 heteroatoms. The zero-order chi connectivity index (χ0) is 20.5. The lowest BCUT2D eigenvalue weighted by atomic mass is 9.98. The number of aromatic nitrogens is 2. The molecule has 5 rings (SSSR count). The second-order valence-corrected chi connectivity index (χ2v) is 8.84. The van der Waals surface area contributed by atoms with E-state index in [9.17, 15) is 5.26 Å². The number of nitriles is 1. The van der Waals surface area contributed by atoms with E-state index in [4.69, 9.17) is 9.97 Å². The van der Waals surface area contributed by atoms with Gasteiger partial charge in [0.05, 0.1) is 18.8 Å². The van der Waals surface area contributed by atoms with Crippen LogP contribution in [0.1, 0.15) is 35.2 Å². The summed E-state index contributed by atoms with van der Waals surface area (Å²) in [5.41, 5.74) is 4.89. The van der Waals surface area contributed by atoms with Crippen LogP contribution >= 0.6 is 0 Å². The third-order valence-electron chi connectivity index (χ3n) is 6.60. The Morgan fingerprint density at radius 3 is 2.83 bits per heavy atom. The molecule has 1 aromatic carbocycles. The van der Waals surface area contributed by atoms with Crippen LogP contribution in [0.25, 0.3) is 0 Å². The van der Waals surface area contributed by atoms with Crippen LogP contribution in [0.2, 0.25) is 0 Å². The average molecular weight is 404 g/mol. The fourth-order valence-corrected chi connectivity index (χ4v) is 5.00. The van der Waals surface area contributed by atoms with Gasteiger partial charge >= 0.3 is 0 Å². The Balaban J connectivity index is 1.40. The molecule has 1 unspecified atom stereocenters. The first-order valence-corrected chi connectivity index (χ1v) is 11.0. The molecule has 3 aliphatic heterocycles. The summed E-state index contributed by atoms with van der Waals surface area (Å²) in [6, 6.07) is 8.66. The SMILES string of the molecule is CN1CCCC(CNc2nc3c(c(N4CCc5ccccc5C4)n2)CN(C#N)C3)C1. The minimum atomic E-state index is 0.576. The van der Waals surface area contributed by atoms with Crippen LogP contribution in [0.5, 0.6) is 0 Å². The molecule has 4 heterocycles. The van der Waals surface area contributed by atoms with Gasteiger partial charge in [-0.25, -0.2) is 4.98 Å². The summed E-state index contributed by atoms with van der Waals surface area (Å²) in [5, 5.41) is 13.0. The molecule has 0 radical (unpaired) electrons. The van der Waals surface area contributed by atoms with Gasteiger partial charge in [-0.2, -0.15) is 10.2 Å². The molecule has 0 bridgehead atoms. The summed E-state index contributed by atoms with van der Waals surface area (Å²) in [6.45, 7) is 6.19. The Labute approximate surface area is 178 Å². The van der Waals surface area contributed by atoms with Crippen molar-refractivity contribution in [1.82, 2.24) is 19.8 Å². The molecule has 0 spiro atoms. The van der Waals surface area contributed by atoms with Crippen molar-refractivity contribution in [2.24, 2.45) is 5.92 Å². The van der Waals surface area contributed by atoms with Crippen molar-refractivity contribution in [3.63, 3.8) is 0 Å². The van der Waals surface area contributed by atoms with E-state index in [1.54, 1.807) is 4.90 Å². The summed E-state index contributed by atoms with van der Waals surface area (Å²) >= 11 is 0. The van der Waals surface area contributed by atoms with E-state index in [0.29, 0.717) is 25.0 Å². The van der Waals surface area contributed by atoms with Gasteiger partial charge < -0.3 is 20.0 Å². The molecule has 0 amide bonds. The van der Waals surface area contributed by atoms with E-state index in [1.165, 1.54) is 30.5 Å². The van der Waals surface area contributed by atoms with Crippen molar-refractivity contribution < 1.29 is 0 Å². The zero-order valence-corrected chi connectivity index (χ0v) is 17.6. The summed E-state index contributed by atoms with van der Waals surface area (Å²) < 4.78 is 0. The monoisotopic (exact) mass is 403 g/mol. The van der Waals surface area contributed by atoms with Gasteiger partial charge in [0.1, 0.15) is 5.82 Å². The van der Waals surface area contributed by atoms with Crippen LogP contribution in [0.15, 0.2) is 24.3 Å². The number of hydrogen-bond donors (Lipinski definition) is 1. The van der Waals surface area contributed by atoms with Crippen molar-refractivity contribution >= 4 is 11.8 Å². The standard InChI is InChI=1S/C23H29N7/c1-28-9-4-5-17(12-28)11-25-23-26-21-15-29(16-24)14-20(21)22(27-23)30-10-8-18-6-2-3-7-19(18)13-30/h2-3,6-7,17H,4-5,8-15H2,1H3,(H,25,26,27). The first-order chi connectivity index (χ1) is 14.7. The minimum Gasteiger partial charge on any atom is -0.354 e. The lowest BCUT2D eigenvalue weighted by Gasteiger charge is -2.32. The van der Waals surface area contributed by atoms with Crippen LogP contribution in [-0.2, 0) is 26.1 Å². The number of piperidine rings is 1. The van der Waals surface area contributed by atoms with Gasteiger partial charge in [0.2, 0.25) is 5.95 Å². The fraction of sp³-hybridized carbons (Fsp3) is 0.522. The molecule has 30 heavy (non-hydrogen) atoms. The molecule has 0 saturated carbocycles. The van der Waals surface area contributed by atoms with Crippen molar-refractivity contribution in [2.45, 2.75) is 38.9 Å². The number of anilines is 2.